The van der Waals surface area contributed by atoms with E-state index in [2.05, 4.69) is 15.6 Å². The zero-order valence-corrected chi connectivity index (χ0v) is 9.80. The molecule has 5 heteroatoms. The summed E-state index contributed by atoms with van der Waals surface area (Å²) in [5, 5.41) is 6.06. The molecule has 0 aromatic carbocycles. The van der Waals surface area contributed by atoms with E-state index >= 15 is 0 Å². The lowest BCUT2D eigenvalue weighted by atomic mass is 10.2. The van der Waals surface area contributed by atoms with Gasteiger partial charge in [0.15, 0.2) is 0 Å². The van der Waals surface area contributed by atoms with E-state index in [-0.39, 0.29) is 11.9 Å². The largest absolute Gasteiger partial charge is 0.354 e. The number of nitrogens with one attached hydrogen (secondary N) is 2. The molecule has 86 valence electrons. The summed E-state index contributed by atoms with van der Waals surface area (Å²) in [4.78, 5) is 15.8. The lowest BCUT2D eigenvalue weighted by Crippen LogP contribution is -2.42. The molecule has 1 aliphatic heterocycles. The maximum Gasteiger partial charge on any atom is 0.238 e. The zero-order valence-electron chi connectivity index (χ0n) is 8.98. The number of hydrogen-bond acceptors (Lipinski definition) is 4. The molecule has 1 aliphatic rings. The number of hydrogen-bond donors (Lipinski definition) is 2. The Bertz CT molecular complexity index is 338. The summed E-state index contributed by atoms with van der Waals surface area (Å²) >= 11 is 1.76. The van der Waals surface area contributed by atoms with Crippen molar-refractivity contribution in [1.29, 1.82) is 0 Å². The molecule has 0 spiro atoms. The minimum absolute atomic E-state index is 0.0197. The van der Waals surface area contributed by atoms with E-state index < -0.39 is 0 Å². The predicted molar refractivity (Wildman–Crippen MR) is 65.2 cm³/mol. The molecule has 1 aromatic heterocycles. The fourth-order valence-electron chi connectivity index (χ4n) is 1.55. The third-order valence-corrected chi connectivity index (χ3v) is 3.38. The number of carbonyl (C=O) groups is 1. The fraction of sp³-hybridized carbons (Fsp3) is 0.455. The minimum Gasteiger partial charge on any atom is -0.354 e. The van der Waals surface area contributed by atoms with Crippen LogP contribution in [0.3, 0.4) is 0 Å². The van der Waals surface area contributed by atoms with Crippen LogP contribution in [-0.4, -0.2) is 35.1 Å². The van der Waals surface area contributed by atoms with Crippen LogP contribution in [0.25, 0.3) is 0 Å². The van der Waals surface area contributed by atoms with E-state index in [1.165, 1.54) is 0 Å². The van der Waals surface area contributed by atoms with E-state index in [0.717, 1.165) is 23.7 Å². The van der Waals surface area contributed by atoms with Gasteiger partial charge in [0.05, 0.1) is 6.04 Å². The first-order chi connectivity index (χ1) is 7.86. The molecule has 1 atom stereocenters. The van der Waals surface area contributed by atoms with E-state index in [9.17, 15) is 4.79 Å². The average Bonchev–Trinajstić information content (AvgIpc) is 2.84. The number of thioether (sulfide) groups is 1. The number of nitrogens with zero attached hydrogens (tertiary/aromatic N) is 1. The Morgan fingerprint density at radius 3 is 3.25 bits per heavy atom. The highest BCUT2D eigenvalue weighted by Crippen LogP contribution is 2.09. The number of pyridine rings is 1. The molecular formula is C11H15N3OS. The molecule has 0 aliphatic carbocycles. The second-order valence-corrected chi connectivity index (χ2v) is 4.66. The topological polar surface area (TPSA) is 54.0 Å². The summed E-state index contributed by atoms with van der Waals surface area (Å²) in [6.45, 7) is 0.651. The van der Waals surface area contributed by atoms with Gasteiger partial charge in [-0.15, -0.1) is 11.8 Å². The fourth-order valence-corrected chi connectivity index (χ4v) is 2.49. The Hall–Kier alpha value is -1.07. The van der Waals surface area contributed by atoms with Crippen LogP contribution in [0.4, 0.5) is 0 Å². The Balaban J connectivity index is 1.70. The van der Waals surface area contributed by atoms with Gasteiger partial charge in [-0.25, -0.2) is 0 Å². The van der Waals surface area contributed by atoms with E-state index in [4.69, 9.17) is 0 Å². The molecule has 1 saturated heterocycles. The van der Waals surface area contributed by atoms with Crippen molar-refractivity contribution in [3.63, 3.8) is 0 Å². The van der Waals surface area contributed by atoms with Crippen LogP contribution in [0.5, 0.6) is 0 Å². The maximum atomic E-state index is 11.6. The van der Waals surface area contributed by atoms with Crippen molar-refractivity contribution in [3.05, 3.63) is 30.1 Å². The molecule has 1 fully saturated rings. The predicted octanol–water partition coefficient (Wildman–Crippen LogP) is 0.403. The normalized spacial score (nSPS) is 19.6. The minimum atomic E-state index is -0.0197. The summed E-state index contributed by atoms with van der Waals surface area (Å²) < 4.78 is 0. The van der Waals surface area contributed by atoms with Crippen LogP contribution in [0.15, 0.2) is 24.4 Å². The number of carbonyl (C=O) groups excluding carboxylic acids is 1. The van der Waals surface area contributed by atoms with Crippen LogP contribution in [0.1, 0.15) is 5.69 Å². The first-order valence-corrected chi connectivity index (χ1v) is 6.50. The molecule has 0 radical (unpaired) electrons. The van der Waals surface area contributed by atoms with Gasteiger partial charge in [0.25, 0.3) is 0 Å². The quantitative estimate of drug-likeness (QED) is 0.796. The van der Waals surface area contributed by atoms with E-state index in [1.807, 2.05) is 18.2 Å². The van der Waals surface area contributed by atoms with E-state index in [1.54, 1.807) is 18.0 Å². The third kappa shape index (κ3) is 3.21. The Labute approximate surface area is 99.2 Å². The molecule has 2 heterocycles. The Morgan fingerprint density at radius 2 is 2.56 bits per heavy atom. The highest BCUT2D eigenvalue weighted by Gasteiger charge is 2.21. The number of amides is 1. The molecular weight excluding hydrogens is 222 g/mol. The van der Waals surface area contributed by atoms with Gasteiger partial charge in [-0.3, -0.25) is 15.1 Å². The van der Waals surface area contributed by atoms with Crippen molar-refractivity contribution in [1.82, 2.24) is 15.6 Å². The molecule has 1 unspecified atom stereocenters. The van der Waals surface area contributed by atoms with Crippen molar-refractivity contribution in [2.24, 2.45) is 0 Å². The Kier molecular flexibility index (Phi) is 4.18. The molecule has 2 rings (SSSR count). The summed E-state index contributed by atoms with van der Waals surface area (Å²) in [5.41, 5.74) is 1.01. The van der Waals surface area contributed by atoms with Crippen LogP contribution >= 0.6 is 11.8 Å². The first kappa shape index (κ1) is 11.4. The third-order valence-electron chi connectivity index (χ3n) is 2.44. The molecule has 2 N–H and O–H groups in total. The highest BCUT2D eigenvalue weighted by molar-refractivity contribution is 7.99. The van der Waals surface area contributed by atoms with Gasteiger partial charge in [-0.2, -0.15) is 0 Å². The second-order valence-electron chi connectivity index (χ2n) is 3.63. The Morgan fingerprint density at radius 1 is 1.62 bits per heavy atom. The van der Waals surface area contributed by atoms with Gasteiger partial charge in [0.1, 0.15) is 0 Å². The highest BCUT2D eigenvalue weighted by atomic mass is 32.2. The summed E-state index contributed by atoms with van der Waals surface area (Å²) in [6, 6.07) is 5.80. The van der Waals surface area contributed by atoms with Crippen molar-refractivity contribution in [2.45, 2.75) is 12.5 Å². The lowest BCUT2D eigenvalue weighted by molar-refractivity contribution is -0.122. The second kappa shape index (κ2) is 5.86. The lowest BCUT2D eigenvalue weighted by Gasteiger charge is -2.09. The SMILES string of the molecule is O=C(NCCc1ccccn1)C1CSCN1. The molecule has 1 aromatic rings. The molecule has 0 bridgehead atoms. The van der Waals surface area contributed by atoms with Crippen LogP contribution in [0.2, 0.25) is 0 Å². The summed E-state index contributed by atoms with van der Waals surface area (Å²) in [7, 11) is 0. The van der Waals surface area contributed by atoms with Crippen molar-refractivity contribution >= 4 is 17.7 Å². The van der Waals surface area contributed by atoms with Crippen molar-refractivity contribution in [2.75, 3.05) is 18.2 Å². The van der Waals surface area contributed by atoms with Gasteiger partial charge >= 0.3 is 0 Å². The van der Waals surface area contributed by atoms with Gasteiger partial charge < -0.3 is 5.32 Å². The summed E-state index contributed by atoms with van der Waals surface area (Å²) in [5.74, 6) is 1.84. The maximum absolute atomic E-state index is 11.6. The molecule has 4 nitrogen and oxygen atoms in total. The van der Waals surface area contributed by atoms with E-state index in [0.29, 0.717) is 6.54 Å². The monoisotopic (exact) mass is 237 g/mol. The van der Waals surface area contributed by atoms with Crippen LogP contribution in [0, 0.1) is 0 Å². The average molecular weight is 237 g/mol. The summed E-state index contributed by atoms with van der Waals surface area (Å²) in [6.07, 6.45) is 2.55. The van der Waals surface area contributed by atoms with Gasteiger partial charge in [0.2, 0.25) is 5.91 Å². The standard InChI is InChI=1S/C11H15N3OS/c15-11(10-7-16-8-14-10)13-6-4-9-3-1-2-5-12-9/h1-3,5,10,14H,4,6-8H2,(H,13,15). The van der Waals surface area contributed by atoms with Crippen molar-refractivity contribution in [3.8, 4) is 0 Å². The van der Waals surface area contributed by atoms with Gasteiger partial charge in [0, 0.05) is 36.5 Å². The molecule has 16 heavy (non-hydrogen) atoms. The number of aromatic nitrogens is 1. The number of rotatable bonds is 4. The van der Waals surface area contributed by atoms with Crippen molar-refractivity contribution < 1.29 is 4.79 Å². The van der Waals surface area contributed by atoms with Crippen LogP contribution < -0.4 is 10.6 Å². The van der Waals surface area contributed by atoms with Crippen LogP contribution in [-0.2, 0) is 11.2 Å². The molecule has 1 amide bonds. The smallest absolute Gasteiger partial charge is 0.238 e. The van der Waals surface area contributed by atoms with Gasteiger partial charge in [-0.05, 0) is 12.1 Å². The first-order valence-electron chi connectivity index (χ1n) is 5.35. The van der Waals surface area contributed by atoms with Gasteiger partial charge in [-0.1, -0.05) is 6.07 Å². The molecule has 0 saturated carbocycles. The zero-order chi connectivity index (χ0) is 11.2.